The molecule has 7 heteroatoms. The summed E-state index contributed by atoms with van der Waals surface area (Å²) in [7, 11) is 3.84. The Hall–Kier alpha value is -0.876. The minimum absolute atomic E-state index is 0. The first-order valence-corrected chi connectivity index (χ1v) is 7.27. The molecule has 4 N–H and O–H groups in total. The molecule has 1 radical (unpaired) electrons. The normalized spacial score (nSPS) is 20.8. The molecule has 0 unspecified atom stereocenters. The minimum atomic E-state index is -0.164. The summed E-state index contributed by atoms with van der Waals surface area (Å²) in [5, 5.41) is 0. The number of nitrogens with zero attached hydrogens (tertiary/aromatic N) is 2. The van der Waals surface area contributed by atoms with Crippen LogP contribution in [0.3, 0.4) is 0 Å². The SMILES string of the molecule is [CH2-]N(CC1CCC(CN=C(N)N)CC1)C(=O)c1ccco1.[HH].[Y]. The molecule has 1 aromatic rings. The summed E-state index contributed by atoms with van der Waals surface area (Å²) in [6, 6.07) is 3.36. The maximum atomic E-state index is 12.0. The van der Waals surface area contributed by atoms with E-state index in [1.54, 1.807) is 12.1 Å². The fourth-order valence-electron chi connectivity index (χ4n) is 2.78. The molecule has 1 aliphatic carbocycles. The number of furan rings is 1. The molecule has 0 atom stereocenters. The molecule has 0 aliphatic heterocycles. The molecular weight excluding hydrogens is 357 g/mol. The minimum Gasteiger partial charge on any atom is -0.489 e. The molecule has 22 heavy (non-hydrogen) atoms. The van der Waals surface area contributed by atoms with Crippen molar-refractivity contribution in [3.8, 4) is 0 Å². The molecule has 1 heterocycles. The van der Waals surface area contributed by atoms with Gasteiger partial charge in [0.2, 0.25) is 0 Å². The summed E-state index contributed by atoms with van der Waals surface area (Å²) in [5.74, 6) is 1.36. The van der Waals surface area contributed by atoms with Crippen LogP contribution < -0.4 is 11.5 Å². The molecule has 6 nitrogen and oxygen atoms in total. The number of carbonyl (C=O) groups excluding carboxylic acids is 1. The Morgan fingerprint density at radius 3 is 2.55 bits per heavy atom. The third kappa shape index (κ3) is 5.73. The van der Waals surface area contributed by atoms with Crippen molar-refractivity contribution in [1.82, 2.24) is 4.90 Å². The van der Waals surface area contributed by atoms with Crippen molar-refractivity contribution in [2.24, 2.45) is 28.3 Å². The van der Waals surface area contributed by atoms with Gasteiger partial charge in [-0.05, 0) is 56.2 Å². The van der Waals surface area contributed by atoms with Gasteiger partial charge in [-0.1, -0.05) is 0 Å². The fourth-order valence-corrected chi connectivity index (χ4v) is 2.78. The number of hydrogen-bond donors (Lipinski definition) is 2. The van der Waals surface area contributed by atoms with E-state index in [1.165, 1.54) is 11.2 Å². The molecule has 0 saturated heterocycles. The molecule has 0 aromatic carbocycles. The van der Waals surface area contributed by atoms with E-state index in [1.807, 2.05) is 0 Å². The molecule has 121 valence electrons. The second-order valence-corrected chi connectivity index (χ2v) is 5.66. The standard InChI is InChI=1S/C15H23N4O2.Y.H2/c1-19(14(20)13-3-2-8-21-13)10-12-6-4-11(5-7-12)9-18-15(16)17;;/h2-3,8,11-12H,1,4-7,9-10H2,(H4,16,17,18);;1H/q-1;;. The maximum absolute atomic E-state index is 12.0. The van der Waals surface area contributed by atoms with Gasteiger partial charge in [0, 0.05) is 40.7 Å². The van der Waals surface area contributed by atoms with Gasteiger partial charge in [-0.2, -0.15) is 0 Å². The summed E-state index contributed by atoms with van der Waals surface area (Å²) in [6.45, 7) is 1.36. The van der Waals surface area contributed by atoms with E-state index >= 15 is 0 Å². The van der Waals surface area contributed by atoms with Crippen LogP contribution >= 0.6 is 0 Å². The van der Waals surface area contributed by atoms with Crippen LogP contribution in [0.25, 0.3) is 0 Å². The third-order valence-corrected chi connectivity index (χ3v) is 4.00. The summed E-state index contributed by atoms with van der Waals surface area (Å²) >= 11 is 0. The van der Waals surface area contributed by atoms with Gasteiger partial charge in [0.15, 0.2) is 11.7 Å². The number of nitrogens with two attached hydrogens (primary N) is 2. The van der Waals surface area contributed by atoms with E-state index in [-0.39, 0.29) is 46.0 Å². The van der Waals surface area contributed by atoms with E-state index in [4.69, 9.17) is 15.9 Å². The van der Waals surface area contributed by atoms with E-state index < -0.39 is 0 Å². The van der Waals surface area contributed by atoms with Crippen LogP contribution in [-0.2, 0) is 32.7 Å². The Balaban J connectivity index is 0.00000242. The average Bonchev–Trinajstić information content (AvgIpc) is 2.99. The van der Waals surface area contributed by atoms with Crippen LogP contribution in [0, 0.1) is 18.9 Å². The summed E-state index contributed by atoms with van der Waals surface area (Å²) in [4.78, 5) is 17.6. The van der Waals surface area contributed by atoms with Crippen molar-refractivity contribution >= 4 is 11.9 Å². The molecule has 1 aromatic heterocycles. The zero-order valence-electron chi connectivity index (χ0n) is 12.8. The van der Waals surface area contributed by atoms with Crippen molar-refractivity contribution in [2.45, 2.75) is 25.7 Å². The van der Waals surface area contributed by atoms with Crippen molar-refractivity contribution in [3.63, 3.8) is 0 Å². The van der Waals surface area contributed by atoms with E-state index in [0.29, 0.717) is 30.7 Å². The Labute approximate surface area is 158 Å². The Morgan fingerprint density at radius 1 is 1.36 bits per heavy atom. The first-order valence-electron chi connectivity index (χ1n) is 7.27. The summed E-state index contributed by atoms with van der Waals surface area (Å²) in [5.41, 5.74) is 10.7. The van der Waals surface area contributed by atoms with Gasteiger partial charge in [-0.3, -0.25) is 16.8 Å². The van der Waals surface area contributed by atoms with Crippen molar-refractivity contribution in [3.05, 3.63) is 31.2 Å². The largest absolute Gasteiger partial charge is 0.489 e. The number of amides is 1. The van der Waals surface area contributed by atoms with E-state index in [9.17, 15) is 4.79 Å². The molecular formula is C15H25N4O2Y-. The third-order valence-electron chi connectivity index (χ3n) is 4.00. The van der Waals surface area contributed by atoms with Crippen LogP contribution in [0.4, 0.5) is 0 Å². The number of rotatable bonds is 5. The first-order chi connectivity index (χ1) is 10.1. The van der Waals surface area contributed by atoms with E-state index in [0.717, 1.165) is 25.7 Å². The quantitative estimate of drug-likeness (QED) is 0.461. The van der Waals surface area contributed by atoms with Gasteiger partial charge in [0.1, 0.15) is 0 Å². The molecule has 1 fully saturated rings. The summed E-state index contributed by atoms with van der Waals surface area (Å²) in [6.07, 6.45) is 5.81. The second-order valence-electron chi connectivity index (χ2n) is 5.66. The monoisotopic (exact) mass is 382 g/mol. The average molecular weight is 382 g/mol. The number of aliphatic imine (C=N–C) groups is 1. The summed E-state index contributed by atoms with van der Waals surface area (Å²) < 4.78 is 5.11. The Bertz CT molecular complexity index is 484. The van der Waals surface area contributed by atoms with E-state index in [2.05, 4.69) is 12.0 Å². The Kier molecular flexibility index (Phi) is 8.11. The molecule has 1 amide bonds. The van der Waals surface area contributed by atoms with Crippen molar-refractivity contribution in [1.29, 1.82) is 0 Å². The molecule has 1 aliphatic rings. The molecule has 1 saturated carbocycles. The van der Waals surface area contributed by atoms with Crippen LogP contribution in [0.15, 0.2) is 27.8 Å². The fraction of sp³-hybridized carbons (Fsp3) is 0.533. The maximum Gasteiger partial charge on any atom is 0.260 e. The predicted molar refractivity (Wildman–Crippen MR) is 83.3 cm³/mol. The first kappa shape index (κ1) is 19.2. The second kappa shape index (κ2) is 9.30. The smallest absolute Gasteiger partial charge is 0.260 e. The molecule has 0 bridgehead atoms. The van der Waals surface area contributed by atoms with Crippen LogP contribution in [-0.4, -0.2) is 29.9 Å². The van der Waals surface area contributed by atoms with Gasteiger partial charge in [0.05, 0.1) is 6.26 Å². The number of guanidine groups is 1. The number of hydrogen-bond acceptors (Lipinski definition) is 3. The molecule has 2 rings (SSSR count). The van der Waals surface area contributed by atoms with Gasteiger partial charge in [0.25, 0.3) is 5.91 Å². The van der Waals surface area contributed by atoms with Crippen molar-refractivity contribution < 1.29 is 43.3 Å². The Morgan fingerprint density at radius 2 is 2.00 bits per heavy atom. The zero-order chi connectivity index (χ0) is 15.2. The topological polar surface area (TPSA) is 97.9 Å². The van der Waals surface area contributed by atoms with Gasteiger partial charge in [-0.15, -0.1) is 0 Å². The van der Waals surface area contributed by atoms with Crippen LogP contribution in [0.2, 0.25) is 0 Å². The number of carbonyl (C=O) groups is 1. The van der Waals surface area contributed by atoms with Crippen LogP contribution in [0.1, 0.15) is 37.7 Å². The van der Waals surface area contributed by atoms with Crippen LogP contribution in [0.5, 0.6) is 0 Å². The predicted octanol–water partition coefficient (Wildman–Crippen LogP) is 1.84. The van der Waals surface area contributed by atoms with Gasteiger partial charge >= 0.3 is 0 Å². The zero-order valence-corrected chi connectivity index (χ0v) is 15.6. The van der Waals surface area contributed by atoms with Crippen molar-refractivity contribution in [2.75, 3.05) is 13.1 Å². The molecule has 0 spiro atoms. The van der Waals surface area contributed by atoms with Gasteiger partial charge in [-0.25, -0.2) is 0 Å². The van der Waals surface area contributed by atoms with Gasteiger partial charge < -0.3 is 20.8 Å².